The van der Waals surface area contributed by atoms with Crippen molar-refractivity contribution < 1.29 is 13.9 Å². The van der Waals surface area contributed by atoms with Crippen molar-refractivity contribution in [2.24, 2.45) is 5.73 Å². The topological polar surface area (TPSA) is 44.5 Å². The van der Waals surface area contributed by atoms with Gasteiger partial charge < -0.3 is 15.2 Å². The molecule has 0 heterocycles. The molecule has 3 nitrogen and oxygen atoms in total. The van der Waals surface area contributed by atoms with Gasteiger partial charge in [-0.15, -0.1) is 0 Å². The third-order valence-electron chi connectivity index (χ3n) is 3.11. The summed E-state index contributed by atoms with van der Waals surface area (Å²) in [4.78, 5) is 0. The van der Waals surface area contributed by atoms with Gasteiger partial charge in [-0.25, -0.2) is 4.39 Å². The number of methoxy groups -OCH3 is 1. The van der Waals surface area contributed by atoms with Gasteiger partial charge in [-0.2, -0.15) is 0 Å². The van der Waals surface area contributed by atoms with Crippen LogP contribution >= 0.6 is 0 Å². The van der Waals surface area contributed by atoms with Gasteiger partial charge in [0.1, 0.15) is 12.4 Å². The average molecular weight is 275 g/mol. The van der Waals surface area contributed by atoms with Gasteiger partial charge in [0.15, 0.2) is 11.6 Å². The maximum absolute atomic E-state index is 13.6. The molecule has 0 unspecified atom stereocenters. The molecule has 0 spiro atoms. The van der Waals surface area contributed by atoms with E-state index in [-0.39, 0.29) is 5.75 Å². The van der Waals surface area contributed by atoms with E-state index in [2.05, 4.69) is 0 Å². The van der Waals surface area contributed by atoms with Gasteiger partial charge in [-0.1, -0.05) is 24.3 Å². The zero-order chi connectivity index (χ0) is 14.5. The molecule has 0 aliphatic rings. The minimum absolute atomic E-state index is 0.229. The Morgan fingerprint density at radius 2 is 2.00 bits per heavy atom. The van der Waals surface area contributed by atoms with Crippen LogP contribution < -0.4 is 15.2 Å². The van der Waals surface area contributed by atoms with E-state index in [1.165, 1.54) is 13.2 Å². The lowest BCUT2D eigenvalue weighted by Gasteiger charge is -2.13. The molecule has 0 aliphatic heterocycles. The first-order valence-corrected chi connectivity index (χ1v) is 6.39. The molecule has 2 N–H and O–H groups in total. The van der Waals surface area contributed by atoms with Crippen molar-refractivity contribution in [1.29, 1.82) is 0 Å². The lowest BCUT2D eigenvalue weighted by atomic mass is 10.1. The number of nitrogens with two attached hydrogens (primary N) is 1. The molecule has 2 aromatic rings. The standard InChI is InChI=1S/C16H18FNO2/c1-11-4-3-5-13(9-18)16(11)20-10-12-6-7-15(19-2)14(17)8-12/h3-8H,9-10,18H2,1-2H3. The van der Waals surface area contributed by atoms with Crippen LogP contribution in [0.5, 0.6) is 11.5 Å². The van der Waals surface area contributed by atoms with Gasteiger partial charge in [0, 0.05) is 12.1 Å². The minimum Gasteiger partial charge on any atom is -0.494 e. The summed E-state index contributed by atoms with van der Waals surface area (Å²) in [5, 5.41) is 0. The highest BCUT2D eigenvalue weighted by Gasteiger charge is 2.08. The van der Waals surface area contributed by atoms with Crippen molar-refractivity contribution >= 4 is 0 Å². The van der Waals surface area contributed by atoms with E-state index in [1.807, 2.05) is 25.1 Å². The molecule has 0 aliphatic carbocycles. The van der Waals surface area contributed by atoms with Gasteiger partial charge in [-0.3, -0.25) is 0 Å². The molecule has 2 aromatic carbocycles. The predicted molar refractivity (Wildman–Crippen MR) is 76.4 cm³/mol. The fourth-order valence-corrected chi connectivity index (χ4v) is 2.04. The first-order chi connectivity index (χ1) is 9.65. The van der Waals surface area contributed by atoms with Crippen molar-refractivity contribution in [3.05, 3.63) is 58.9 Å². The van der Waals surface area contributed by atoms with E-state index >= 15 is 0 Å². The SMILES string of the molecule is COc1ccc(COc2c(C)cccc2CN)cc1F. The van der Waals surface area contributed by atoms with E-state index in [4.69, 9.17) is 15.2 Å². The van der Waals surface area contributed by atoms with Crippen LogP contribution in [0.25, 0.3) is 0 Å². The average Bonchev–Trinajstić information content (AvgIpc) is 2.46. The number of hydrogen-bond acceptors (Lipinski definition) is 3. The third kappa shape index (κ3) is 3.08. The minimum atomic E-state index is -0.391. The lowest BCUT2D eigenvalue weighted by molar-refractivity contribution is 0.299. The normalized spacial score (nSPS) is 10.4. The number of aryl methyl sites for hydroxylation is 1. The molecule has 0 amide bonds. The first-order valence-electron chi connectivity index (χ1n) is 6.39. The summed E-state index contributed by atoms with van der Waals surface area (Å²) in [6.45, 7) is 2.66. The zero-order valence-electron chi connectivity index (χ0n) is 11.7. The van der Waals surface area contributed by atoms with Crippen molar-refractivity contribution in [2.75, 3.05) is 7.11 Å². The van der Waals surface area contributed by atoms with Crippen LogP contribution in [-0.2, 0) is 13.2 Å². The van der Waals surface area contributed by atoms with Crippen molar-refractivity contribution in [3.8, 4) is 11.5 Å². The Morgan fingerprint density at radius 1 is 1.20 bits per heavy atom. The molecular weight excluding hydrogens is 257 g/mol. The third-order valence-corrected chi connectivity index (χ3v) is 3.11. The van der Waals surface area contributed by atoms with E-state index in [1.54, 1.807) is 12.1 Å². The summed E-state index contributed by atoms with van der Waals surface area (Å²) in [6.07, 6.45) is 0. The quantitative estimate of drug-likeness (QED) is 0.911. The molecule has 106 valence electrons. The molecule has 0 aromatic heterocycles. The van der Waals surface area contributed by atoms with Gasteiger partial charge in [0.2, 0.25) is 0 Å². The van der Waals surface area contributed by atoms with Gasteiger partial charge in [0.05, 0.1) is 7.11 Å². The van der Waals surface area contributed by atoms with Gasteiger partial charge in [-0.05, 0) is 30.2 Å². The van der Waals surface area contributed by atoms with Crippen molar-refractivity contribution in [2.45, 2.75) is 20.1 Å². The summed E-state index contributed by atoms with van der Waals surface area (Å²) >= 11 is 0. The summed E-state index contributed by atoms with van der Waals surface area (Å²) < 4.78 is 24.3. The van der Waals surface area contributed by atoms with Crippen molar-refractivity contribution in [1.82, 2.24) is 0 Å². The van der Waals surface area contributed by atoms with Crippen molar-refractivity contribution in [3.63, 3.8) is 0 Å². The molecule has 4 heteroatoms. The van der Waals surface area contributed by atoms with Crippen LogP contribution in [-0.4, -0.2) is 7.11 Å². The number of halogens is 1. The highest BCUT2D eigenvalue weighted by molar-refractivity contribution is 5.41. The molecule has 0 bridgehead atoms. The largest absolute Gasteiger partial charge is 0.494 e. The maximum atomic E-state index is 13.6. The van der Waals surface area contributed by atoms with Crippen LogP contribution in [0.15, 0.2) is 36.4 Å². The lowest BCUT2D eigenvalue weighted by Crippen LogP contribution is -2.04. The molecule has 2 rings (SSSR count). The number of benzene rings is 2. The molecule has 0 saturated heterocycles. The summed E-state index contributed by atoms with van der Waals surface area (Å²) in [7, 11) is 1.44. The monoisotopic (exact) mass is 275 g/mol. The highest BCUT2D eigenvalue weighted by Crippen LogP contribution is 2.25. The molecule has 0 saturated carbocycles. The van der Waals surface area contributed by atoms with E-state index in [0.29, 0.717) is 13.2 Å². The van der Waals surface area contributed by atoms with E-state index < -0.39 is 5.82 Å². The Kier molecular flexibility index (Phi) is 4.58. The molecule has 0 fully saturated rings. The first kappa shape index (κ1) is 14.3. The second kappa shape index (κ2) is 6.39. The van der Waals surface area contributed by atoms with Gasteiger partial charge in [0.25, 0.3) is 0 Å². The van der Waals surface area contributed by atoms with Crippen LogP contribution in [0.1, 0.15) is 16.7 Å². The maximum Gasteiger partial charge on any atom is 0.165 e. The van der Waals surface area contributed by atoms with Crippen LogP contribution in [0.4, 0.5) is 4.39 Å². The molecule has 20 heavy (non-hydrogen) atoms. The summed E-state index contributed by atoms with van der Waals surface area (Å²) in [6, 6.07) is 10.6. The fraction of sp³-hybridized carbons (Fsp3) is 0.250. The Bertz CT molecular complexity index is 599. The van der Waals surface area contributed by atoms with Crippen LogP contribution in [0.3, 0.4) is 0 Å². The summed E-state index contributed by atoms with van der Waals surface area (Å²) in [5.41, 5.74) is 8.40. The van der Waals surface area contributed by atoms with E-state index in [0.717, 1.165) is 22.4 Å². The Balaban J connectivity index is 2.15. The van der Waals surface area contributed by atoms with Crippen LogP contribution in [0.2, 0.25) is 0 Å². The van der Waals surface area contributed by atoms with E-state index in [9.17, 15) is 4.39 Å². The number of para-hydroxylation sites is 1. The Hall–Kier alpha value is -2.07. The number of hydrogen-bond donors (Lipinski definition) is 1. The molecule has 0 atom stereocenters. The fourth-order valence-electron chi connectivity index (χ4n) is 2.04. The number of rotatable bonds is 5. The second-order valence-corrected chi connectivity index (χ2v) is 4.52. The van der Waals surface area contributed by atoms with Gasteiger partial charge >= 0.3 is 0 Å². The Labute approximate surface area is 118 Å². The number of ether oxygens (including phenoxy) is 2. The predicted octanol–water partition coefficient (Wildman–Crippen LogP) is 3.18. The molecule has 0 radical (unpaired) electrons. The molecular formula is C16H18FNO2. The second-order valence-electron chi connectivity index (χ2n) is 4.52. The van der Waals surface area contributed by atoms with Crippen LogP contribution in [0, 0.1) is 12.7 Å². The zero-order valence-corrected chi connectivity index (χ0v) is 11.7. The smallest absolute Gasteiger partial charge is 0.165 e. The summed E-state index contributed by atoms with van der Waals surface area (Å²) in [5.74, 6) is 0.607. The highest BCUT2D eigenvalue weighted by atomic mass is 19.1. The Morgan fingerprint density at radius 3 is 2.65 bits per heavy atom.